The molecule has 1 aromatic heterocycles. The molecule has 4 heteroatoms. The van der Waals surface area contributed by atoms with Gasteiger partial charge in [0.1, 0.15) is 11.9 Å². The molecule has 0 spiro atoms. The van der Waals surface area contributed by atoms with Gasteiger partial charge in [0, 0.05) is 11.5 Å². The molecule has 80 valence electrons. The predicted molar refractivity (Wildman–Crippen MR) is 56.2 cm³/mol. The van der Waals surface area contributed by atoms with Crippen LogP contribution in [0.1, 0.15) is 44.9 Å². The van der Waals surface area contributed by atoms with E-state index in [0.717, 1.165) is 16.0 Å². The summed E-state index contributed by atoms with van der Waals surface area (Å²) in [6.45, 7) is 9.89. The van der Waals surface area contributed by atoms with Crippen molar-refractivity contribution < 1.29 is 9.94 Å². The normalized spacial score (nSPS) is 9.57. The summed E-state index contributed by atoms with van der Waals surface area (Å²) in [6.07, 6.45) is 1.66. The van der Waals surface area contributed by atoms with Crippen LogP contribution in [0.4, 0.5) is 5.95 Å². The lowest BCUT2D eigenvalue weighted by Gasteiger charge is -2.07. The molecular weight excluding hydrogens is 178 g/mol. The highest BCUT2D eigenvalue weighted by Crippen LogP contribution is 2.13. The van der Waals surface area contributed by atoms with Crippen molar-refractivity contribution in [3.05, 3.63) is 17.5 Å². The molecule has 1 rings (SSSR count). The van der Waals surface area contributed by atoms with E-state index in [2.05, 4.69) is 4.98 Å². The van der Waals surface area contributed by atoms with E-state index in [1.165, 1.54) is 0 Å². The molecule has 0 atom stereocenters. The molecule has 0 amide bonds. The molecule has 14 heavy (non-hydrogen) atoms. The van der Waals surface area contributed by atoms with Gasteiger partial charge in [0.25, 0.3) is 0 Å². The van der Waals surface area contributed by atoms with Gasteiger partial charge in [0.15, 0.2) is 0 Å². The van der Waals surface area contributed by atoms with Crippen molar-refractivity contribution in [3.8, 4) is 0 Å². The van der Waals surface area contributed by atoms with Gasteiger partial charge in [-0.1, -0.05) is 37.4 Å². The van der Waals surface area contributed by atoms with Crippen LogP contribution in [0.2, 0.25) is 0 Å². The number of nitrogens with zero attached hydrogens (tertiary/aromatic N) is 2. The van der Waals surface area contributed by atoms with E-state index in [4.69, 9.17) is 5.73 Å². The summed E-state index contributed by atoms with van der Waals surface area (Å²) >= 11 is 0. The minimum Gasteiger partial charge on any atom is -0.371 e. The summed E-state index contributed by atoms with van der Waals surface area (Å²) in [6, 6.07) is 0. The third-order valence-electron chi connectivity index (χ3n) is 1.79. The Morgan fingerprint density at radius 3 is 2.29 bits per heavy atom. The zero-order valence-corrected chi connectivity index (χ0v) is 9.57. The van der Waals surface area contributed by atoms with Gasteiger partial charge in [-0.05, 0) is 6.92 Å². The van der Waals surface area contributed by atoms with Crippen LogP contribution < -0.4 is 10.5 Å². The standard InChI is InChI=1S/C8H13N3O.C2H6/c1-5(2)7-6(3)4-10-8(9)11(7)12;1-2/h4-5,9,12H,1-3H3;1-2H3/p+1. The molecule has 1 aromatic rings. The van der Waals surface area contributed by atoms with Gasteiger partial charge in [-0.2, -0.15) is 0 Å². The SMILES string of the molecule is CC.Cc1cnc(N)[n+](O)c1C(C)C. The van der Waals surface area contributed by atoms with E-state index in [9.17, 15) is 5.21 Å². The van der Waals surface area contributed by atoms with Gasteiger partial charge < -0.3 is 5.21 Å². The van der Waals surface area contributed by atoms with Crippen LogP contribution in [0.3, 0.4) is 0 Å². The van der Waals surface area contributed by atoms with Gasteiger partial charge in [0.05, 0.1) is 0 Å². The first-order valence-electron chi connectivity index (χ1n) is 4.90. The first-order valence-corrected chi connectivity index (χ1v) is 4.90. The molecule has 0 saturated carbocycles. The number of anilines is 1. The maximum absolute atomic E-state index is 9.48. The third-order valence-corrected chi connectivity index (χ3v) is 1.79. The van der Waals surface area contributed by atoms with Gasteiger partial charge in [0.2, 0.25) is 0 Å². The van der Waals surface area contributed by atoms with Crippen LogP contribution in [0.15, 0.2) is 6.20 Å². The van der Waals surface area contributed by atoms with E-state index in [0.29, 0.717) is 0 Å². The number of nitrogens with two attached hydrogens (primary N) is 1. The molecule has 1 heterocycles. The molecular formula is C10H20N3O+. The fourth-order valence-electron chi connectivity index (χ4n) is 1.27. The lowest BCUT2D eigenvalue weighted by atomic mass is 10.1. The summed E-state index contributed by atoms with van der Waals surface area (Å²) in [4.78, 5) is 3.81. The second-order valence-corrected chi connectivity index (χ2v) is 3.15. The highest BCUT2D eigenvalue weighted by molar-refractivity contribution is 5.18. The summed E-state index contributed by atoms with van der Waals surface area (Å²) < 4.78 is 0.944. The number of rotatable bonds is 1. The Kier molecular flexibility index (Phi) is 4.91. The van der Waals surface area contributed by atoms with E-state index < -0.39 is 0 Å². The zero-order valence-electron chi connectivity index (χ0n) is 9.57. The molecule has 4 nitrogen and oxygen atoms in total. The molecule has 0 radical (unpaired) electrons. The number of hydrogen-bond donors (Lipinski definition) is 2. The van der Waals surface area contributed by atoms with Crippen LogP contribution in [0, 0.1) is 6.92 Å². The molecule has 0 unspecified atom stereocenters. The minimum atomic E-state index is 0.129. The smallest absolute Gasteiger partial charge is 0.371 e. The largest absolute Gasteiger partial charge is 0.426 e. The van der Waals surface area contributed by atoms with Crippen LogP contribution in [-0.2, 0) is 0 Å². The average molecular weight is 198 g/mol. The monoisotopic (exact) mass is 198 g/mol. The summed E-state index contributed by atoms with van der Waals surface area (Å²) in [5.41, 5.74) is 7.18. The van der Waals surface area contributed by atoms with Crippen molar-refractivity contribution in [1.29, 1.82) is 0 Å². The fraction of sp³-hybridized carbons (Fsp3) is 0.600. The first kappa shape index (κ1) is 12.7. The Labute approximate surface area is 85.4 Å². The number of hydrogen-bond acceptors (Lipinski definition) is 3. The molecule has 0 aromatic carbocycles. The average Bonchev–Trinajstić information content (AvgIpc) is 2.15. The highest BCUT2D eigenvalue weighted by atomic mass is 16.5. The van der Waals surface area contributed by atoms with Gasteiger partial charge in [-0.25, -0.2) is 0 Å². The molecule has 3 N–H and O–H groups in total. The van der Waals surface area contributed by atoms with E-state index in [1.54, 1.807) is 6.20 Å². The first-order chi connectivity index (χ1) is 6.54. The van der Waals surface area contributed by atoms with Crippen LogP contribution >= 0.6 is 0 Å². The van der Waals surface area contributed by atoms with Gasteiger partial charge >= 0.3 is 5.95 Å². The molecule has 0 saturated heterocycles. The molecule has 0 bridgehead atoms. The van der Waals surface area contributed by atoms with Crippen molar-refractivity contribution in [1.82, 2.24) is 4.98 Å². The Bertz CT molecular complexity index is 298. The molecule has 0 aliphatic heterocycles. The van der Waals surface area contributed by atoms with Gasteiger partial charge in [-0.3, -0.25) is 5.73 Å². The van der Waals surface area contributed by atoms with E-state index in [1.807, 2.05) is 34.6 Å². The van der Waals surface area contributed by atoms with E-state index >= 15 is 0 Å². The summed E-state index contributed by atoms with van der Waals surface area (Å²) in [5, 5.41) is 9.48. The number of aryl methyl sites for hydroxylation is 1. The minimum absolute atomic E-state index is 0.129. The number of nitrogen functional groups attached to an aromatic ring is 1. The van der Waals surface area contributed by atoms with Crippen LogP contribution in [0.25, 0.3) is 0 Å². The predicted octanol–water partition coefficient (Wildman–Crippen LogP) is 1.65. The van der Waals surface area contributed by atoms with Crippen molar-refractivity contribution in [2.45, 2.75) is 40.5 Å². The second-order valence-electron chi connectivity index (χ2n) is 3.15. The van der Waals surface area contributed by atoms with Crippen LogP contribution in [0.5, 0.6) is 0 Å². The fourth-order valence-corrected chi connectivity index (χ4v) is 1.27. The van der Waals surface area contributed by atoms with Crippen molar-refractivity contribution in [2.75, 3.05) is 5.73 Å². The maximum Gasteiger partial charge on any atom is 0.426 e. The van der Waals surface area contributed by atoms with Crippen molar-refractivity contribution in [2.24, 2.45) is 0 Å². The Morgan fingerprint density at radius 2 is 1.93 bits per heavy atom. The van der Waals surface area contributed by atoms with E-state index in [-0.39, 0.29) is 11.9 Å². The van der Waals surface area contributed by atoms with Crippen molar-refractivity contribution in [3.63, 3.8) is 0 Å². The van der Waals surface area contributed by atoms with Gasteiger partial charge in [-0.15, -0.1) is 0 Å². The van der Waals surface area contributed by atoms with Crippen LogP contribution in [-0.4, -0.2) is 10.2 Å². The second kappa shape index (κ2) is 5.42. The molecule has 0 aliphatic rings. The summed E-state index contributed by atoms with van der Waals surface area (Å²) in [7, 11) is 0. The zero-order chi connectivity index (χ0) is 11.3. The molecule has 0 fully saturated rings. The van der Waals surface area contributed by atoms with Crippen molar-refractivity contribution >= 4 is 5.95 Å². The summed E-state index contributed by atoms with van der Waals surface area (Å²) in [5.74, 6) is 0.365. The third kappa shape index (κ3) is 2.58. The quantitative estimate of drug-likeness (QED) is 0.532. The maximum atomic E-state index is 9.48. The Balaban J connectivity index is 0.000000791. The lowest BCUT2D eigenvalue weighted by molar-refractivity contribution is -0.900. The molecule has 0 aliphatic carbocycles. The lowest BCUT2D eigenvalue weighted by Crippen LogP contribution is -2.41. The highest BCUT2D eigenvalue weighted by Gasteiger charge is 2.17. The topological polar surface area (TPSA) is 63.0 Å². The Hall–Kier alpha value is -1.32. The Morgan fingerprint density at radius 1 is 1.43 bits per heavy atom. The number of aromatic nitrogens is 2.